The Morgan fingerprint density at radius 2 is 1.71 bits per heavy atom. The van der Waals surface area contributed by atoms with Crippen LogP contribution in [0.1, 0.15) is 12.0 Å². The number of benzene rings is 2. The van der Waals surface area contributed by atoms with Crippen molar-refractivity contribution in [2.45, 2.75) is 11.3 Å². The molecule has 0 N–H and O–H groups in total. The van der Waals surface area contributed by atoms with Crippen LogP contribution in [-0.4, -0.2) is 75.4 Å². The maximum atomic E-state index is 13.2. The van der Waals surface area contributed by atoms with Gasteiger partial charge in [-0.05, 0) is 24.3 Å². The normalized spacial score (nSPS) is 20.5. The predicted molar refractivity (Wildman–Crippen MR) is 124 cm³/mol. The molecule has 11 heteroatoms. The van der Waals surface area contributed by atoms with E-state index in [0.717, 1.165) is 0 Å². The number of nitrogens with zero attached hydrogens (tertiary/aromatic N) is 4. The molecular formula is C24H24N4O6S. The summed E-state index contributed by atoms with van der Waals surface area (Å²) < 4.78 is 38.5. The number of hydrogen-bond acceptors (Lipinski definition) is 7. The first kappa shape index (κ1) is 23.1. The smallest absolute Gasteiger partial charge is 0.244 e. The molecule has 3 heterocycles. The fourth-order valence-corrected chi connectivity index (χ4v) is 6.22. The number of rotatable bonds is 4. The number of nitriles is 1. The Morgan fingerprint density at radius 1 is 1.00 bits per heavy atom. The maximum Gasteiger partial charge on any atom is 0.244 e. The molecule has 0 spiro atoms. The van der Waals surface area contributed by atoms with E-state index in [-0.39, 0.29) is 61.4 Å². The molecular weight excluding hydrogens is 472 g/mol. The van der Waals surface area contributed by atoms with Crippen LogP contribution in [0, 0.1) is 17.2 Å². The topological polar surface area (TPSA) is 120 Å². The summed E-state index contributed by atoms with van der Waals surface area (Å²) in [6, 6.07) is 13.3. The Morgan fingerprint density at radius 3 is 2.46 bits per heavy atom. The van der Waals surface area contributed by atoms with Gasteiger partial charge >= 0.3 is 0 Å². The summed E-state index contributed by atoms with van der Waals surface area (Å²) in [5, 5.41) is 9.27. The molecule has 0 unspecified atom stereocenters. The first-order valence-electron chi connectivity index (χ1n) is 11.4. The van der Waals surface area contributed by atoms with E-state index in [1.807, 2.05) is 6.07 Å². The van der Waals surface area contributed by atoms with Crippen LogP contribution < -0.4 is 14.4 Å². The Balaban J connectivity index is 1.23. The minimum atomic E-state index is -3.85. The van der Waals surface area contributed by atoms with Gasteiger partial charge in [0.15, 0.2) is 11.5 Å². The van der Waals surface area contributed by atoms with Crippen LogP contribution >= 0.6 is 0 Å². The van der Waals surface area contributed by atoms with E-state index < -0.39 is 15.9 Å². The van der Waals surface area contributed by atoms with E-state index in [9.17, 15) is 23.3 Å². The van der Waals surface area contributed by atoms with E-state index in [1.165, 1.54) is 16.4 Å². The first-order valence-corrected chi connectivity index (χ1v) is 12.8. The molecule has 2 aromatic rings. The largest absolute Gasteiger partial charge is 0.486 e. The van der Waals surface area contributed by atoms with E-state index in [1.54, 1.807) is 40.1 Å². The zero-order valence-electron chi connectivity index (χ0n) is 18.9. The average Bonchev–Trinajstić information content (AvgIpc) is 3.29. The third-order valence-corrected chi connectivity index (χ3v) is 8.44. The molecule has 3 aliphatic heterocycles. The summed E-state index contributed by atoms with van der Waals surface area (Å²) in [5.41, 5.74) is 0.747. The number of hydrogen-bond donors (Lipinski definition) is 0. The Hall–Kier alpha value is -3.62. The first-order chi connectivity index (χ1) is 16.9. The lowest BCUT2D eigenvalue weighted by Crippen LogP contribution is -2.52. The molecule has 2 fully saturated rings. The fourth-order valence-electron chi connectivity index (χ4n) is 4.65. The molecule has 10 nitrogen and oxygen atoms in total. The molecule has 0 bridgehead atoms. The third-order valence-electron chi connectivity index (χ3n) is 6.49. The Kier molecular flexibility index (Phi) is 6.08. The van der Waals surface area contributed by atoms with Gasteiger partial charge in [-0.2, -0.15) is 9.57 Å². The highest BCUT2D eigenvalue weighted by Gasteiger charge is 2.39. The zero-order valence-corrected chi connectivity index (χ0v) is 19.7. The number of anilines is 1. The number of sulfonamides is 1. The van der Waals surface area contributed by atoms with Gasteiger partial charge < -0.3 is 19.3 Å². The summed E-state index contributed by atoms with van der Waals surface area (Å²) in [4.78, 5) is 29.1. The van der Waals surface area contributed by atoms with Gasteiger partial charge in [0.2, 0.25) is 21.8 Å². The van der Waals surface area contributed by atoms with Gasteiger partial charge in [0.25, 0.3) is 0 Å². The maximum absolute atomic E-state index is 13.2. The molecule has 182 valence electrons. The van der Waals surface area contributed by atoms with Gasteiger partial charge in [-0.1, -0.05) is 12.1 Å². The van der Waals surface area contributed by atoms with E-state index in [0.29, 0.717) is 30.4 Å². The number of amides is 2. The molecule has 2 aromatic carbocycles. The van der Waals surface area contributed by atoms with Gasteiger partial charge in [0.1, 0.15) is 19.3 Å². The van der Waals surface area contributed by atoms with E-state index >= 15 is 0 Å². The summed E-state index contributed by atoms with van der Waals surface area (Å²) in [5.74, 6) is 0.400. The monoisotopic (exact) mass is 496 g/mol. The summed E-state index contributed by atoms with van der Waals surface area (Å²) in [6.07, 6.45) is 0.0985. The van der Waals surface area contributed by atoms with Crippen LogP contribution in [0.4, 0.5) is 5.69 Å². The van der Waals surface area contributed by atoms with Crippen molar-refractivity contribution in [3.63, 3.8) is 0 Å². The van der Waals surface area contributed by atoms with Crippen molar-refractivity contribution in [3.05, 3.63) is 48.0 Å². The van der Waals surface area contributed by atoms with Crippen molar-refractivity contribution in [1.82, 2.24) is 9.21 Å². The van der Waals surface area contributed by atoms with Gasteiger partial charge in [-0.3, -0.25) is 9.59 Å². The Labute approximate surface area is 203 Å². The SMILES string of the molecule is N#Cc1ccccc1S(=O)(=O)N1CCN(C(=O)[C@@H]2CC(=O)N(c3ccc4c(c3)OCCO4)C2)CC1. The molecule has 35 heavy (non-hydrogen) atoms. The van der Waals surface area contributed by atoms with E-state index in [4.69, 9.17) is 9.47 Å². The van der Waals surface area contributed by atoms with Crippen LogP contribution in [0.5, 0.6) is 11.5 Å². The standard InChI is InChI=1S/C24H24N4O6S/c25-15-17-3-1-2-4-22(17)35(31,32)27-9-7-26(8-10-27)24(30)18-13-23(29)28(16-18)19-5-6-20-21(14-19)34-12-11-33-20/h1-6,14,18H,7-13,16H2/t18-/m1/s1. The molecule has 0 radical (unpaired) electrons. The molecule has 0 aromatic heterocycles. The minimum absolute atomic E-state index is 0.0289. The number of ether oxygens (including phenoxy) is 2. The van der Waals surface area contributed by atoms with Crippen molar-refractivity contribution in [1.29, 1.82) is 5.26 Å². The van der Waals surface area contributed by atoms with E-state index in [2.05, 4.69) is 0 Å². The summed E-state index contributed by atoms with van der Waals surface area (Å²) >= 11 is 0. The highest BCUT2D eigenvalue weighted by Crippen LogP contribution is 2.36. The molecule has 2 saturated heterocycles. The number of carbonyl (C=O) groups is 2. The third kappa shape index (κ3) is 4.31. The van der Waals surface area contributed by atoms with Crippen molar-refractivity contribution in [3.8, 4) is 17.6 Å². The lowest BCUT2D eigenvalue weighted by Gasteiger charge is -2.35. The van der Waals surface area contributed by atoms with Crippen LogP contribution in [0.25, 0.3) is 0 Å². The quantitative estimate of drug-likeness (QED) is 0.624. The number of piperazine rings is 1. The van der Waals surface area contributed by atoms with Gasteiger partial charge in [0, 0.05) is 50.9 Å². The van der Waals surface area contributed by atoms with Crippen molar-refractivity contribution in [2.24, 2.45) is 5.92 Å². The molecule has 3 aliphatic rings. The number of carbonyl (C=O) groups excluding carboxylic acids is 2. The second-order valence-electron chi connectivity index (χ2n) is 8.57. The lowest BCUT2D eigenvalue weighted by molar-refractivity contribution is -0.136. The average molecular weight is 497 g/mol. The van der Waals surface area contributed by atoms with Crippen molar-refractivity contribution < 1.29 is 27.5 Å². The zero-order chi connectivity index (χ0) is 24.6. The molecule has 1 atom stereocenters. The molecule has 5 rings (SSSR count). The van der Waals surface area contributed by atoms with Crippen LogP contribution in [0.3, 0.4) is 0 Å². The van der Waals surface area contributed by atoms with Crippen LogP contribution in [0.15, 0.2) is 47.4 Å². The van der Waals surface area contributed by atoms with Crippen LogP contribution in [-0.2, 0) is 19.6 Å². The molecule has 2 amide bonds. The van der Waals surface area contributed by atoms with Crippen molar-refractivity contribution >= 4 is 27.5 Å². The number of fused-ring (bicyclic) bond motifs is 1. The van der Waals surface area contributed by atoms with Gasteiger partial charge in [-0.25, -0.2) is 8.42 Å². The molecule has 0 aliphatic carbocycles. The van der Waals surface area contributed by atoms with Gasteiger partial charge in [-0.15, -0.1) is 0 Å². The van der Waals surface area contributed by atoms with Crippen molar-refractivity contribution in [2.75, 3.05) is 50.8 Å². The Bertz CT molecular complexity index is 1310. The fraction of sp³-hybridized carbons (Fsp3) is 0.375. The van der Waals surface area contributed by atoms with Gasteiger partial charge in [0.05, 0.1) is 16.4 Å². The minimum Gasteiger partial charge on any atom is -0.486 e. The highest BCUT2D eigenvalue weighted by molar-refractivity contribution is 7.89. The second kappa shape index (κ2) is 9.20. The predicted octanol–water partition coefficient (Wildman–Crippen LogP) is 1.22. The lowest BCUT2D eigenvalue weighted by atomic mass is 10.1. The highest BCUT2D eigenvalue weighted by atomic mass is 32.2. The van der Waals surface area contributed by atoms with Crippen LogP contribution in [0.2, 0.25) is 0 Å². The second-order valence-corrected chi connectivity index (χ2v) is 10.5. The summed E-state index contributed by atoms with van der Waals surface area (Å²) in [7, 11) is -3.85. The molecule has 0 saturated carbocycles. The summed E-state index contributed by atoms with van der Waals surface area (Å²) in [6.45, 7) is 1.87.